The summed E-state index contributed by atoms with van der Waals surface area (Å²) in [5.41, 5.74) is 2.83. The van der Waals surface area contributed by atoms with Crippen molar-refractivity contribution in [2.24, 2.45) is 0 Å². The van der Waals surface area contributed by atoms with Gasteiger partial charge in [-0.15, -0.1) is 0 Å². The van der Waals surface area contributed by atoms with E-state index in [2.05, 4.69) is 29.1 Å². The van der Waals surface area contributed by atoms with E-state index in [0.717, 1.165) is 30.5 Å². The summed E-state index contributed by atoms with van der Waals surface area (Å²) >= 11 is 1.52. The smallest absolute Gasteiger partial charge is 0.337 e. The maximum absolute atomic E-state index is 13.2. The van der Waals surface area contributed by atoms with Crippen LogP contribution in [0.15, 0.2) is 45.5 Å². The van der Waals surface area contributed by atoms with Crippen molar-refractivity contribution in [3.8, 4) is 0 Å². The van der Waals surface area contributed by atoms with E-state index in [-0.39, 0.29) is 11.3 Å². The number of ether oxygens (including phenoxy) is 1. The van der Waals surface area contributed by atoms with Crippen LogP contribution >= 0.6 is 11.8 Å². The fraction of sp³-hybridized carbons (Fsp3) is 0.391. The number of fused-ring (bicyclic) bond motifs is 1. The lowest BCUT2D eigenvalue weighted by atomic mass is 9.76. The van der Waals surface area contributed by atoms with Crippen LogP contribution in [0.3, 0.4) is 0 Å². The molecule has 2 N–H and O–H groups in total. The van der Waals surface area contributed by atoms with Gasteiger partial charge in [-0.25, -0.2) is 9.78 Å². The second kappa shape index (κ2) is 8.70. The van der Waals surface area contributed by atoms with Crippen LogP contribution in [0.25, 0.3) is 0 Å². The molecular weight excluding hydrogens is 414 g/mol. The zero-order valence-corrected chi connectivity index (χ0v) is 18.6. The van der Waals surface area contributed by atoms with Crippen molar-refractivity contribution < 1.29 is 14.3 Å². The van der Waals surface area contributed by atoms with Crippen molar-refractivity contribution >= 4 is 29.3 Å². The molecule has 1 aromatic carbocycles. The quantitative estimate of drug-likeness (QED) is 0.412. The summed E-state index contributed by atoms with van der Waals surface area (Å²) in [5.74, 6) is -0.411. The van der Waals surface area contributed by atoms with Crippen molar-refractivity contribution in [2.75, 3.05) is 12.4 Å². The van der Waals surface area contributed by atoms with Crippen molar-refractivity contribution in [3.05, 3.63) is 62.6 Å². The van der Waals surface area contributed by atoms with E-state index in [1.165, 1.54) is 18.9 Å². The molecule has 162 valence electrons. The van der Waals surface area contributed by atoms with Gasteiger partial charge in [0.2, 0.25) is 0 Å². The number of Topliss-reactive ketones (excluding diaryl/α,β-unsaturated/α-hetero) is 1. The number of carbonyl (C=O) groups is 2. The Balaban J connectivity index is 1.84. The number of hydrogen-bond acceptors (Lipinski definition) is 7. The van der Waals surface area contributed by atoms with Crippen LogP contribution in [0, 0.1) is 0 Å². The molecule has 0 spiro atoms. The number of aromatic nitrogens is 2. The van der Waals surface area contributed by atoms with Crippen LogP contribution in [0.2, 0.25) is 0 Å². The standard InChI is InChI=1S/C23H25N3O4S/c1-4-12(2)31-23-25-20-19(21(28)26-23)17(18-15(24-20)6-5-7-16(18)27)13-8-10-14(11-9-13)22(29)30-3/h8-12,17H,4-7H2,1-3H3,(H2,24,25,26,28). The van der Waals surface area contributed by atoms with Crippen molar-refractivity contribution in [1.82, 2.24) is 9.97 Å². The van der Waals surface area contributed by atoms with Crippen LogP contribution < -0.4 is 10.9 Å². The second-order valence-corrected chi connectivity index (χ2v) is 9.24. The molecule has 0 amide bonds. The van der Waals surface area contributed by atoms with Crippen LogP contribution in [0.5, 0.6) is 0 Å². The molecule has 2 aromatic rings. The molecule has 1 aliphatic heterocycles. The average molecular weight is 440 g/mol. The van der Waals surface area contributed by atoms with Gasteiger partial charge in [0.25, 0.3) is 5.56 Å². The number of H-pyrrole nitrogens is 1. The summed E-state index contributed by atoms with van der Waals surface area (Å²) in [6, 6.07) is 6.87. The van der Waals surface area contributed by atoms with Gasteiger partial charge in [0.15, 0.2) is 10.9 Å². The van der Waals surface area contributed by atoms with Crippen LogP contribution in [-0.4, -0.2) is 34.1 Å². The van der Waals surface area contributed by atoms with Gasteiger partial charge in [-0.3, -0.25) is 9.59 Å². The molecule has 1 aliphatic carbocycles. The molecule has 2 heterocycles. The number of nitrogens with one attached hydrogen (secondary N) is 2. The summed E-state index contributed by atoms with van der Waals surface area (Å²) in [4.78, 5) is 45.5. The molecule has 0 fully saturated rings. The van der Waals surface area contributed by atoms with Gasteiger partial charge in [-0.1, -0.05) is 37.7 Å². The minimum Gasteiger partial charge on any atom is -0.465 e. The fourth-order valence-corrected chi connectivity index (χ4v) is 4.88. The topological polar surface area (TPSA) is 101 Å². The zero-order chi connectivity index (χ0) is 22.1. The van der Waals surface area contributed by atoms with Crippen molar-refractivity contribution in [3.63, 3.8) is 0 Å². The number of benzene rings is 1. The molecule has 31 heavy (non-hydrogen) atoms. The SMILES string of the molecule is CCC(C)Sc1nc2c(c(=O)[nH]1)C(c1ccc(C(=O)OC)cc1)C1=C(CCCC1=O)N2. The van der Waals surface area contributed by atoms with E-state index in [1.54, 1.807) is 24.3 Å². The lowest BCUT2D eigenvalue weighted by molar-refractivity contribution is -0.116. The molecule has 2 aliphatic rings. The molecular formula is C23H25N3O4S. The number of aromatic amines is 1. The van der Waals surface area contributed by atoms with E-state index in [4.69, 9.17) is 4.74 Å². The van der Waals surface area contributed by atoms with Gasteiger partial charge >= 0.3 is 5.97 Å². The number of allylic oxidation sites excluding steroid dienone is 2. The first-order valence-electron chi connectivity index (χ1n) is 10.4. The minimum absolute atomic E-state index is 0.0406. The van der Waals surface area contributed by atoms with Gasteiger partial charge < -0.3 is 15.0 Å². The molecule has 0 saturated heterocycles. The van der Waals surface area contributed by atoms with Crippen LogP contribution in [0.1, 0.15) is 66.9 Å². The molecule has 2 atom stereocenters. The predicted octanol–water partition coefficient (Wildman–Crippen LogP) is 4.01. The summed E-state index contributed by atoms with van der Waals surface area (Å²) in [6.07, 6.45) is 2.92. The van der Waals surface area contributed by atoms with Gasteiger partial charge in [-0.2, -0.15) is 0 Å². The Labute approximate surface area is 184 Å². The van der Waals surface area contributed by atoms with Gasteiger partial charge in [0, 0.05) is 28.9 Å². The third-order valence-corrected chi connectivity index (χ3v) is 6.94. The van der Waals surface area contributed by atoms with Crippen molar-refractivity contribution in [2.45, 2.75) is 55.9 Å². The molecule has 8 heteroatoms. The van der Waals surface area contributed by atoms with Crippen LogP contribution in [0.4, 0.5) is 5.82 Å². The minimum atomic E-state index is -0.523. The number of carbonyl (C=O) groups excluding carboxylic acids is 2. The molecule has 0 saturated carbocycles. The Morgan fingerprint density at radius 2 is 2.00 bits per heavy atom. The molecule has 1 aromatic heterocycles. The Bertz CT molecular complexity index is 1120. The third-order valence-electron chi connectivity index (χ3n) is 5.79. The zero-order valence-electron chi connectivity index (χ0n) is 17.8. The summed E-state index contributed by atoms with van der Waals surface area (Å²) < 4.78 is 4.77. The number of anilines is 1. The van der Waals surface area contributed by atoms with Gasteiger partial charge in [-0.05, 0) is 37.0 Å². The number of thioether (sulfide) groups is 1. The fourth-order valence-electron chi connectivity index (χ4n) is 4.03. The number of methoxy groups -OCH3 is 1. The predicted molar refractivity (Wildman–Crippen MR) is 120 cm³/mol. The van der Waals surface area contributed by atoms with Gasteiger partial charge in [0.1, 0.15) is 5.82 Å². The number of ketones is 1. The third kappa shape index (κ3) is 4.04. The highest BCUT2D eigenvalue weighted by molar-refractivity contribution is 7.99. The highest BCUT2D eigenvalue weighted by Crippen LogP contribution is 2.43. The monoisotopic (exact) mass is 439 g/mol. The maximum Gasteiger partial charge on any atom is 0.337 e. The molecule has 2 unspecified atom stereocenters. The molecule has 7 nitrogen and oxygen atoms in total. The highest BCUT2D eigenvalue weighted by atomic mass is 32.2. The van der Waals surface area contributed by atoms with E-state index in [0.29, 0.717) is 39.3 Å². The average Bonchev–Trinajstić information content (AvgIpc) is 2.77. The van der Waals surface area contributed by atoms with E-state index >= 15 is 0 Å². The summed E-state index contributed by atoms with van der Waals surface area (Å²) in [5, 5.41) is 4.16. The van der Waals surface area contributed by atoms with E-state index in [9.17, 15) is 14.4 Å². The molecule has 0 radical (unpaired) electrons. The number of rotatable bonds is 5. The first-order valence-corrected chi connectivity index (χ1v) is 11.3. The Hall–Kier alpha value is -2.87. The largest absolute Gasteiger partial charge is 0.465 e. The number of hydrogen-bond donors (Lipinski definition) is 2. The van der Waals surface area contributed by atoms with E-state index in [1.807, 2.05) is 0 Å². The lowest BCUT2D eigenvalue weighted by Crippen LogP contribution is -2.32. The lowest BCUT2D eigenvalue weighted by Gasteiger charge is -2.32. The Morgan fingerprint density at radius 3 is 2.68 bits per heavy atom. The highest BCUT2D eigenvalue weighted by Gasteiger charge is 2.38. The van der Waals surface area contributed by atoms with E-state index < -0.39 is 11.9 Å². The second-order valence-electron chi connectivity index (χ2n) is 7.81. The Kier molecular flexibility index (Phi) is 6.00. The molecule has 4 rings (SSSR count). The first-order chi connectivity index (χ1) is 14.9. The maximum atomic E-state index is 13.2. The van der Waals surface area contributed by atoms with Crippen LogP contribution in [-0.2, 0) is 9.53 Å². The number of nitrogens with zero attached hydrogens (tertiary/aromatic N) is 1. The number of esters is 1. The Morgan fingerprint density at radius 1 is 1.26 bits per heavy atom. The summed E-state index contributed by atoms with van der Waals surface area (Å²) in [6.45, 7) is 4.18. The first kappa shape index (κ1) is 21.4. The van der Waals surface area contributed by atoms with Gasteiger partial charge in [0.05, 0.1) is 18.2 Å². The summed E-state index contributed by atoms with van der Waals surface area (Å²) in [7, 11) is 1.33. The van der Waals surface area contributed by atoms with Crippen molar-refractivity contribution in [1.29, 1.82) is 0 Å². The molecule has 0 bridgehead atoms. The normalized spacial score (nSPS) is 18.7.